The molecule has 0 aromatic carbocycles. The van der Waals surface area contributed by atoms with E-state index in [1.807, 2.05) is 6.92 Å². The van der Waals surface area contributed by atoms with Gasteiger partial charge in [-0.25, -0.2) is 0 Å². The number of rotatable bonds is 1. The summed E-state index contributed by atoms with van der Waals surface area (Å²) in [6.07, 6.45) is 0. The molecule has 0 amide bonds. The van der Waals surface area contributed by atoms with Gasteiger partial charge >= 0.3 is 17.1 Å². The third-order valence-corrected chi connectivity index (χ3v) is 0.289. The van der Waals surface area contributed by atoms with Gasteiger partial charge in [0.25, 0.3) is 0 Å². The number of ether oxygens (including phenoxy) is 1. The Labute approximate surface area is 79.6 Å². The van der Waals surface area contributed by atoms with Gasteiger partial charge in [0.1, 0.15) is 0 Å². The second-order valence-corrected chi connectivity index (χ2v) is 0.577. The summed E-state index contributed by atoms with van der Waals surface area (Å²) in [7, 11) is 2.68. The van der Waals surface area contributed by atoms with E-state index in [0.717, 1.165) is 13.7 Å². The number of aliphatic hydroxyl groups is 1. The Bertz CT molecular complexity index is 18.5. The van der Waals surface area contributed by atoms with Crippen LogP contribution in [0.25, 0.3) is 0 Å². The van der Waals surface area contributed by atoms with E-state index >= 15 is 0 Å². The first-order valence-corrected chi connectivity index (χ1v) is 1.85. The molecule has 0 aromatic rings. The van der Waals surface area contributed by atoms with Gasteiger partial charge in [0, 0.05) is 20.8 Å². The Morgan fingerprint density at radius 2 is 1.33 bits per heavy atom. The van der Waals surface area contributed by atoms with E-state index in [1.54, 1.807) is 7.11 Å². The summed E-state index contributed by atoms with van der Waals surface area (Å²) in [5.41, 5.74) is 0. The van der Waals surface area contributed by atoms with Crippen LogP contribution in [0, 0.1) is 0 Å². The fourth-order valence-electron chi connectivity index (χ4n) is 0. The van der Waals surface area contributed by atoms with Crippen molar-refractivity contribution < 1.29 is 51.7 Å². The van der Waals surface area contributed by atoms with Crippen molar-refractivity contribution in [2.45, 2.75) is 6.92 Å². The van der Waals surface area contributed by atoms with E-state index in [0.29, 0.717) is 0 Å². The van der Waals surface area contributed by atoms with Crippen LogP contribution in [0.1, 0.15) is 6.92 Å². The first-order chi connectivity index (χ1) is 2.91. The number of methoxy groups -OCH3 is 1. The second kappa shape index (κ2) is 63.6. The third-order valence-electron chi connectivity index (χ3n) is 0.289. The van der Waals surface area contributed by atoms with Crippen LogP contribution in [0.15, 0.2) is 0 Å². The van der Waals surface area contributed by atoms with Crippen LogP contribution in [-0.4, -0.2) is 25.9 Å². The maximum absolute atomic E-state index is 7.00. The summed E-state index contributed by atoms with van der Waals surface area (Å²) in [6.45, 7) is 2.78. The zero-order valence-electron chi connectivity index (χ0n) is 5.67. The first-order valence-electron chi connectivity index (χ1n) is 1.85. The molecule has 0 radical (unpaired) electrons. The molecule has 0 bridgehead atoms. The van der Waals surface area contributed by atoms with E-state index in [-0.39, 0.29) is 41.9 Å². The van der Waals surface area contributed by atoms with Gasteiger partial charge in [-0.1, -0.05) is 0 Å². The van der Waals surface area contributed by atoms with Gasteiger partial charge in [-0.15, -0.1) is 0 Å². The second-order valence-electron chi connectivity index (χ2n) is 0.577. The van der Waals surface area contributed by atoms with Crippen LogP contribution in [-0.2, 0) is 21.8 Å². The first kappa shape index (κ1) is 32.4. The van der Waals surface area contributed by atoms with Crippen molar-refractivity contribution in [3.05, 3.63) is 0 Å². The molecule has 0 unspecified atom stereocenters. The van der Waals surface area contributed by atoms with E-state index in [4.69, 9.17) is 5.11 Å². The Kier molecular flexibility index (Phi) is 229. The molecule has 0 rings (SSSR count). The van der Waals surface area contributed by atoms with Gasteiger partial charge in [0.2, 0.25) is 0 Å². The molecule has 2 nitrogen and oxygen atoms in total. The molecule has 0 heterocycles. The fourth-order valence-corrected chi connectivity index (χ4v) is 0. The number of hydrogen-bond donors (Lipinski definition) is 1. The van der Waals surface area contributed by atoms with Gasteiger partial charge in [-0.05, 0) is 6.92 Å². The standard InChI is InChI=1S/C3H8O.CH4O.2ClH.Fe/c1-3-4-2;1-2;;;/h3H2,1-2H3;2H,1H3;2*1H;/q;;;;+2/p-2. The average Bonchev–Trinajstić information content (AvgIpc) is 1.72. The maximum atomic E-state index is 7.00. The normalized spacial score (nSPS) is 4.00. The molecule has 0 aliphatic heterocycles. The zero-order valence-corrected chi connectivity index (χ0v) is 8.29. The Hall–Kier alpha value is 1.02. The smallest absolute Gasteiger partial charge is 1.00 e. The van der Waals surface area contributed by atoms with Crippen molar-refractivity contribution in [3.8, 4) is 0 Å². The minimum absolute atomic E-state index is 0. The van der Waals surface area contributed by atoms with Crippen LogP contribution in [0.5, 0.6) is 0 Å². The van der Waals surface area contributed by atoms with Crippen LogP contribution >= 0.6 is 0 Å². The number of hydrogen-bond acceptors (Lipinski definition) is 2. The van der Waals surface area contributed by atoms with Crippen LogP contribution in [0.2, 0.25) is 0 Å². The van der Waals surface area contributed by atoms with Gasteiger partial charge < -0.3 is 34.7 Å². The quantitative estimate of drug-likeness (QED) is 0.445. The van der Waals surface area contributed by atoms with Crippen LogP contribution < -0.4 is 24.8 Å². The third kappa shape index (κ3) is 109. The molecular formula is C4H12Cl2FeO2. The number of halogens is 2. The van der Waals surface area contributed by atoms with Crippen molar-refractivity contribution in [2.24, 2.45) is 0 Å². The van der Waals surface area contributed by atoms with Crippen LogP contribution in [0.3, 0.4) is 0 Å². The van der Waals surface area contributed by atoms with Crippen molar-refractivity contribution in [1.82, 2.24) is 0 Å². The Morgan fingerprint density at radius 1 is 1.22 bits per heavy atom. The molecule has 0 saturated heterocycles. The van der Waals surface area contributed by atoms with Gasteiger partial charge in [0.05, 0.1) is 0 Å². The van der Waals surface area contributed by atoms with E-state index in [9.17, 15) is 0 Å². The fraction of sp³-hybridized carbons (Fsp3) is 1.00. The monoisotopic (exact) mass is 218 g/mol. The van der Waals surface area contributed by atoms with Crippen molar-refractivity contribution in [3.63, 3.8) is 0 Å². The number of aliphatic hydroxyl groups excluding tert-OH is 1. The minimum Gasteiger partial charge on any atom is -1.00 e. The Morgan fingerprint density at radius 3 is 1.33 bits per heavy atom. The van der Waals surface area contributed by atoms with Crippen molar-refractivity contribution >= 4 is 0 Å². The largest absolute Gasteiger partial charge is 2.00 e. The summed E-state index contributed by atoms with van der Waals surface area (Å²) in [5.74, 6) is 0. The summed E-state index contributed by atoms with van der Waals surface area (Å²) in [6, 6.07) is 0. The molecule has 1 N–H and O–H groups in total. The van der Waals surface area contributed by atoms with Gasteiger partial charge in [-0.2, -0.15) is 0 Å². The molecule has 0 aliphatic carbocycles. The van der Waals surface area contributed by atoms with Crippen LogP contribution in [0.4, 0.5) is 0 Å². The SMILES string of the molecule is CCOC.CO.[Cl-].[Cl-].[Fe+2]. The molecule has 9 heavy (non-hydrogen) atoms. The predicted octanol–water partition coefficient (Wildman–Crippen LogP) is -5.73. The molecule has 0 saturated carbocycles. The summed E-state index contributed by atoms with van der Waals surface area (Å²) in [5, 5.41) is 7.00. The van der Waals surface area contributed by atoms with E-state index in [1.165, 1.54) is 0 Å². The molecule has 0 fully saturated rings. The molecule has 0 spiro atoms. The van der Waals surface area contributed by atoms with Gasteiger partial charge in [0.15, 0.2) is 0 Å². The van der Waals surface area contributed by atoms with Crippen molar-refractivity contribution in [2.75, 3.05) is 20.8 Å². The summed E-state index contributed by atoms with van der Waals surface area (Å²) >= 11 is 0. The Balaban J connectivity index is -0.00000000990. The molecule has 0 aromatic heterocycles. The van der Waals surface area contributed by atoms with E-state index in [2.05, 4.69) is 4.74 Å². The molecule has 0 aliphatic rings. The van der Waals surface area contributed by atoms with Crippen molar-refractivity contribution in [1.29, 1.82) is 0 Å². The topological polar surface area (TPSA) is 29.5 Å². The predicted molar refractivity (Wildman–Crippen MR) is 25.7 cm³/mol. The zero-order chi connectivity index (χ0) is 5.41. The average molecular weight is 219 g/mol. The summed E-state index contributed by atoms with van der Waals surface area (Å²) in [4.78, 5) is 0. The minimum atomic E-state index is 0. The summed E-state index contributed by atoms with van der Waals surface area (Å²) < 4.78 is 4.54. The molecule has 5 heteroatoms. The van der Waals surface area contributed by atoms with Gasteiger partial charge in [-0.3, -0.25) is 0 Å². The molecule has 0 atom stereocenters. The molecule has 62 valence electrons. The van der Waals surface area contributed by atoms with E-state index < -0.39 is 0 Å². The maximum Gasteiger partial charge on any atom is 2.00 e. The molecular weight excluding hydrogens is 207 g/mol.